The number of nitriles is 1. The number of piperidine rings is 1. The normalized spacial score (nSPS) is 24.5. The molecule has 0 spiro atoms. The molecular weight excluding hydrogens is 236 g/mol. The molecule has 4 heteroatoms. The summed E-state index contributed by atoms with van der Waals surface area (Å²) in [6.07, 6.45) is 1.53. The van der Waals surface area contributed by atoms with Crippen LogP contribution in [0.4, 0.5) is 5.69 Å². The van der Waals surface area contributed by atoms with Gasteiger partial charge in [-0.25, -0.2) is 0 Å². The largest absolute Gasteiger partial charge is 0.391 e. The van der Waals surface area contributed by atoms with Crippen LogP contribution in [0.15, 0.2) is 18.2 Å². The van der Waals surface area contributed by atoms with E-state index >= 15 is 0 Å². The Morgan fingerprint density at radius 3 is 2.94 bits per heavy atom. The van der Waals surface area contributed by atoms with Crippen LogP contribution in [0.3, 0.4) is 0 Å². The van der Waals surface area contributed by atoms with Crippen LogP contribution in [0, 0.1) is 11.3 Å². The third kappa shape index (κ3) is 2.38. The standard InChI is InChI=1S/C13H15ClN2O/c1-9-13(17)3-2-6-16(9)11-5-4-10(8-15)12(14)7-11/h4-5,7,9,13,17H,2-3,6H2,1H3. The Balaban J connectivity index is 2.28. The van der Waals surface area contributed by atoms with Crippen LogP contribution in [-0.4, -0.2) is 23.8 Å². The van der Waals surface area contributed by atoms with Crippen molar-refractivity contribution in [2.75, 3.05) is 11.4 Å². The summed E-state index contributed by atoms with van der Waals surface area (Å²) >= 11 is 6.02. The predicted molar refractivity (Wildman–Crippen MR) is 68.2 cm³/mol. The molecular formula is C13H15ClN2O. The van der Waals surface area contributed by atoms with Crippen LogP contribution < -0.4 is 4.90 Å². The molecule has 2 unspecified atom stereocenters. The number of aliphatic hydroxyl groups excluding tert-OH is 1. The van der Waals surface area contributed by atoms with Crippen molar-refractivity contribution < 1.29 is 5.11 Å². The van der Waals surface area contributed by atoms with E-state index in [0.717, 1.165) is 25.1 Å². The molecule has 90 valence electrons. The summed E-state index contributed by atoms with van der Waals surface area (Å²) in [7, 11) is 0. The molecule has 3 nitrogen and oxygen atoms in total. The van der Waals surface area contributed by atoms with E-state index in [9.17, 15) is 5.11 Å². The van der Waals surface area contributed by atoms with E-state index in [1.807, 2.05) is 19.1 Å². The van der Waals surface area contributed by atoms with Gasteiger partial charge < -0.3 is 10.0 Å². The molecule has 1 fully saturated rings. The van der Waals surface area contributed by atoms with Gasteiger partial charge in [-0.05, 0) is 38.0 Å². The molecule has 1 heterocycles. The highest BCUT2D eigenvalue weighted by molar-refractivity contribution is 6.32. The third-order valence-electron chi connectivity index (χ3n) is 3.35. The van der Waals surface area contributed by atoms with Crippen molar-refractivity contribution in [3.05, 3.63) is 28.8 Å². The molecule has 1 saturated heterocycles. The molecule has 1 aromatic carbocycles. The maximum Gasteiger partial charge on any atom is 0.101 e. The fraction of sp³-hybridized carbons (Fsp3) is 0.462. The average molecular weight is 251 g/mol. The van der Waals surface area contributed by atoms with Gasteiger partial charge in [-0.15, -0.1) is 0 Å². The molecule has 0 saturated carbocycles. The zero-order chi connectivity index (χ0) is 12.4. The predicted octanol–water partition coefficient (Wildman–Crippen LogP) is 2.56. The van der Waals surface area contributed by atoms with Gasteiger partial charge >= 0.3 is 0 Å². The van der Waals surface area contributed by atoms with Gasteiger partial charge in [-0.1, -0.05) is 11.6 Å². The molecule has 1 aromatic rings. The molecule has 0 radical (unpaired) electrons. The number of hydrogen-bond donors (Lipinski definition) is 1. The Hall–Kier alpha value is -1.24. The topological polar surface area (TPSA) is 47.3 Å². The summed E-state index contributed by atoms with van der Waals surface area (Å²) in [5.74, 6) is 0. The van der Waals surface area contributed by atoms with Crippen molar-refractivity contribution in [3.8, 4) is 6.07 Å². The Morgan fingerprint density at radius 1 is 1.53 bits per heavy atom. The van der Waals surface area contributed by atoms with Crippen LogP contribution in [-0.2, 0) is 0 Å². The average Bonchev–Trinajstić information content (AvgIpc) is 2.32. The molecule has 0 bridgehead atoms. The Labute approximate surface area is 106 Å². The quantitative estimate of drug-likeness (QED) is 0.833. The second-order valence-electron chi connectivity index (χ2n) is 4.42. The SMILES string of the molecule is CC1C(O)CCCN1c1ccc(C#N)c(Cl)c1. The Morgan fingerprint density at radius 2 is 2.29 bits per heavy atom. The lowest BCUT2D eigenvalue weighted by atomic mass is 9.99. The van der Waals surface area contributed by atoms with E-state index < -0.39 is 0 Å². The summed E-state index contributed by atoms with van der Waals surface area (Å²) in [6.45, 7) is 2.93. The van der Waals surface area contributed by atoms with Crippen LogP contribution >= 0.6 is 11.6 Å². The number of halogens is 1. The van der Waals surface area contributed by atoms with Crippen LogP contribution in [0.25, 0.3) is 0 Å². The van der Waals surface area contributed by atoms with Crippen molar-refractivity contribution in [1.82, 2.24) is 0 Å². The molecule has 0 aliphatic carbocycles. The monoisotopic (exact) mass is 250 g/mol. The summed E-state index contributed by atoms with van der Waals surface area (Å²) in [6, 6.07) is 7.55. The van der Waals surface area contributed by atoms with E-state index in [4.69, 9.17) is 16.9 Å². The minimum absolute atomic E-state index is 0.0905. The minimum atomic E-state index is -0.293. The molecule has 1 N–H and O–H groups in total. The number of hydrogen-bond acceptors (Lipinski definition) is 3. The first kappa shape index (κ1) is 12.2. The number of nitrogens with zero attached hydrogens (tertiary/aromatic N) is 2. The Bertz CT molecular complexity index is 455. The van der Waals surface area contributed by atoms with Crippen molar-refractivity contribution in [2.24, 2.45) is 0 Å². The number of aliphatic hydroxyl groups is 1. The molecule has 2 atom stereocenters. The van der Waals surface area contributed by atoms with E-state index in [0.29, 0.717) is 10.6 Å². The second-order valence-corrected chi connectivity index (χ2v) is 4.83. The van der Waals surface area contributed by atoms with Gasteiger partial charge in [-0.3, -0.25) is 0 Å². The highest BCUT2D eigenvalue weighted by Gasteiger charge is 2.26. The minimum Gasteiger partial charge on any atom is -0.391 e. The third-order valence-corrected chi connectivity index (χ3v) is 3.66. The van der Waals surface area contributed by atoms with E-state index in [1.165, 1.54) is 0 Å². The zero-order valence-electron chi connectivity index (χ0n) is 9.73. The number of rotatable bonds is 1. The van der Waals surface area contributed by atoms with E-state index in [1.54, 1.807) is 12.1 Å². The van der Waals surface area contributed by atoms with Gasteiger partial charge in [0, 0.05) is 12.2 Å². The maximum atomic E-state index is 9.85. The number of anilines is 1. The van der Waals surface area contributed by atoms with Gasteiger partial charge in [0.15, 0.2) is 0 Å². The van der Waals surface area contributed by atoms with Crippen molar-refractivity contribution >= 4 is 17.3 Å². The molecule has 0 aromatic heterocycles. The van der Waals surface area contributed by atoms with Crippen LogP contribution in [0.5, 0.6) is 0 Å². The van der Waals surface area contributed by atoms with Crippen molar-refractivity contribution in [2.45, 2.75) is 31.9 Å². The van der Waals surface area contributed by atoms with Gasteiger partial charge in [-0.2, -0.15) is 5.26 Å². The van der Waals surface area contributed by atoms with Crippen molar-refractivity contribution in [3.63, 3.8) is 0 Å². The van der Waals surface area contributed by atoms with E-state index in [-0.39, 0.29) is 12.1 Å². The summed E-state index contributed by atoms with van der Waals surface area (Å²) in [5, 5.41) is 19.1. The molecule has 17 heavy (non-hydrogen) atoms. The van der Waals surface area contributed by atoms with Gasteiger partial charge in [0.1, 0.15) is 6.07 Å². The lowest BCUT2D eigenvalue weighted by molar-refractivity contribution is 0.119. The van der Waals surface area contributed by atoms with Crippen LogP contribution in [0.2, 0.25) is 5.02 Å². The fourth-order valence-corrected chi connectivity index (χ4v) is 2.48. The first-order chi connectivity index (χ1) is 8.13. The lowest BCUT2D eigenvalue weighted by Crippen LogP contribution is -2.46. The first-order valence-electron chi connectivity index (χ1n) is 5.78. The van der Waals surface area contributed by atoms with Crippen molar-refractivity contribution in [1.29, 1.82) is 5.26 Å². The summed E-state index contributed by atoms with van der Waals surface area (Å²) < 4.78 is 0. The molecule has 1 aliphatic rings. The summed E-state index contributed by atoms with van der Waals surface area (Å²) in [4.78, 5) is 2.14. The second kappa shape index (κ2) is 4.95. The molecule has 0 amide bonds. The Kier molecular flexibility index (Phi) is 3.56. The van der Waals surface area contributed by atoms with Gasteiger partial charge in [0.05, 0.1) is 22.7 Å². The van der Waals surface area contributed by atoms with Gasteiger partial charge in [0.25, 0.3) is 0 Å². The van der Waals surface area contributed by atoms with Crippen LogP contribution in [0.1, 0.15) is 25.3 Å². The highest BCUT2D eigenvalue weighted by Crippen LogP contribution is 2.28. The zero-order valence-corrected chi connectivity index (χ0v) is 10.5. The highest BCUT2D eigenvalue weighted by atomic mass is 35.5. The summed E-state index contributed by atoms with van der Waals surface area (Å²) in [5.41, 5.74) is 1.46. The maximum absolute atomic E-state index is 9.85. The molecule has 2 rings (SSSR count). The lowest BCUT2D eigenvalue weighted by Gasteiger charge is -2.38. The number of benzene rings is 1. The van der Waals surface area contributed by atoms with Gasteiger partial charge in [0.2, 0.25) is 0 Å². The smallest absolute Gasteiger partial charge is 0.101 e. The van der Waals surface area contributed by atoms with E-state index in [2.05, 4.69) is 4.90 Å². The first-order valence-corrected chi connectivity index (χ1v) is 6.15. The fourth-order valence-electron chi connectivity index (χ4n) is 2.26. The molecule has 1 aliphatic heterocycles.